The minimum atomic E-state index is -0.125. The summed E-state index contributed by atoms with van der Waals surface area (Å²) in [6.07, 6.45) is 1.33. The first-order valence-electron chi connectivity index (χ1n) is 5.93. The van der Waals surface area contributed by atoms with Crippen LogP contribution in [0.2, 0.25) is 0 Å². The summed E-state index contributed by atoms with van der Waals surface area (Å²) in [5.74, 6) is 10.1. The van der Waals surface area contributed by atoms with Crippen LogP contribution in [0, 0.1) is 0 Å². The van der Waals surface area contributed by atoms with E-state index in [0.29, 0.717) is 11.8 Å². The lowest BCUT2D eigenvalue weighted by molar-refractivity contribution is -0.121. The lowest BCUT2D eigenvalue weighted by Crippen LogP contribution is -2.30. The Bertz CT molecular complexity index is 546. The molecule has 1 aromatic carbocycles. The molecule has 2 bridgehead atoms. The molecule has 0 fully saturated rings. The van der Waals surface area contributed by atoms with Gasteiger partial charge in [0.2, 0.25) is 5.91 Å². The number of aromatic nitrogens is 1. The molecular formula is C12H19N5O2. The number of carbonyl (C=O) groups excluding carboxylic acids is 1. The second-order valence-electron chi connectivity index (χ2n) is 4.00. The number of amides is 1. The molecule has 0 spiro atoms. The molecule has 6 N–H and O–H groups in total. The van der Waals surface area contributed by atoms with Crippen LogP contribution < -0.4 is 28.0 Å². The number of nitrogen functional groups attached to an aromatic ring is 1. The minimum Gasteiger partial charge on any atom is -0.336 e. The van der Waals surface area contributed by atoms with Crippen molar-refractivity contribution < 1.29 is 4.79 Å². The van der Waals surface area contributed by atoms with Gasteiger partial charge in [0, 0.05) is 11.8 Å². The van der Waals surface area contributed by atoms with Crippen LogP contribution in [0.15, 0.2) is 29.1 Å². The van der Waals surface area contributed by atoms with Crippen molar-refractivity contribution in [1.82, 2.24) is 15.4 Å². The van der Waals surface area contributed by atoms with Gasteiger partial charge in [0.15, 0.2) is 0 Å². The van der Waals surface area contributed by atoms with Gasteiger partial charge in [0.25, 0.3) is 5.56 Å². The molecule has 19 heavy (non-hydrogen) atoms. The van der Waals surface area contributed by atoms with Gasteiger partial charge in [-0.05, 0) is 44.3 Å². The Labute approximate surface area is 110 Å². The summed E-state index contributed by atoms with van der Waals surface area (Å²) in [5.41, 5.74) is 2.68. The Morgan fingerprint density at radius 2 is 1.95 bits per heavy atom. The molecule has 0 aliphatic rings. The van der Waals surface area contributed by atoms with E-state index in [9.17, 15) is 9.59 Å². The molecule has 0 radical (unpaired) electrons. The number of hydrazine groups is 1. The summed E-state index contributed by atoms with van der Waals surface area (Å²) < 4.78 is 1.15. The zero-order valence-electron chi connectivity index (χ0n) is 10.8. The van der Waals surface area contributed by atoms with E-state index in [4.69, 9.17) is 11.7 Å². The first-order valence-corrected chi connectivity index (χ1v) is 5.93. The average Bonchev–Trinajstić information content (AvgIpc) is 2.45. The van der Waals surface area contributed by atoms with Crippen LogP contribution in [0.3, 0.4) is 0 Å². The maximum atomic E-state index is 11.0. The summed E-state index contributed by atoms with van der Waals surface area (Å²) >= 11 is 0. The smallest absolute Gasteiger partial charge is 0.276 e. The predicted octanol–water partition coefficient (Wildman–Crippen LogP) is -0.871. The topological polar surface area (TPSA) is 115 Å². The molecule has 7 heteroatoms. The molecule has 0 unspecified atom stereocenters. The van der Waals surface area contributed by atoms with E-state index in [1.807, 2.05) is 19.2 Å². The van der Waals surface area contributed by atoms with Crippen molar-refractivity contribution in [3.63, 3.8) is 0 Å². The van der Waals surface area contributed by atoms with Crippen molar-refractivity contribution in [2.24, 2.45) is 5.84 Å². The fraction of sp³-hybridized carbons (Fsp3) is 0.333. The number of nitrogens with two attached hydrogens (primary N) is 2. The van der Waals surface area contributed by atoms with Crippen molar-refractivity contribution in [2.75, 3.05) is 19.4 Å². The highest BCUT2D eigenvalue weighted by atomic mass is 16.2. The molecule has 2 aromatic heterocycles. The zero-order chi connectivity index (χ0) is 14.3. The number of benzene rings is 1. The van der Waals surface area contributed by atoms with Gasteiger partial charge in [0.05, 0.1) is 5.52 Å². The molecule has 2 heterocycles. The quantitative estimate of drug-likeness (QED) is 0.248. The molecular weight excluding hydrogens is 246 g/mol. The van der Waals surface area contributed by atoms with Gasteiger partial charge in [-0.25, -0.2) is 10.5 Å². The zero-order valence-corrected chi connectivity index (χ0v) is 10.8. The van der Waals surface area contributed by atoms with E-state index >= 15 is 0 Å². The Hall–Kier alpha value is -2.12. The Morgan fingerprint density at radius 3 is 2.32 bits per heavy atom. The van der Waals surface area contributed by atoms with Gasteiger partial charge in [-0.3, -0.25) is 15.0 Å². The Morgan fingerprint density at radius 1 is 1.32 bits per heavy atom. The number of rotatable bonds is 4. The third-order valence-corrected chi connectivity index (χ3v) is 2.60. The third-order valence-electron chi connectivity index (χ3n) is 2.60. The Balaban J connectivity index is 0.000000192. The summed E-state index contributed by atoms with van der Waals surface area (Å²) in [4.78, 5) is 21.5. The van der Waals surface area contributed by atoms with Crippen molar-refractivity contribution in [3.05, 3.63) is 34.6 Å². The maximum absolute atomic E-state index is 11.0. The normalized spacial score (nSPS) is 10.0. The number of fused-ring (bicyclic) bond motifs is 3. The number of carbonyl (C=O) groups is 1. The molecule has 104 valence electrons. The first kappa shape index (κ1) is 14.9. The van der Waals surface area contributed by atoms with E-state index in [-0.39, 0.29) is 11.5 Å². The molecule has 0 aliphatic carbocycles. The van der Waals surface area contributed by atoms with E-state index in [1.54, 1.807) is 12.1 Å². The third kappa shape index (κ3) is 4.23. The van der Waals surface area contributed by atoms with Crippen molar-refractivity contribution in [3.8, 4) is 0 Å². The van der Waals surface area contributed by atoms with Gasteiger partial charge < -0.3 is 11.2 Å². The first-order chi connectivity index (χ1) is 9.10. The second-order valence-corrected chi connectivity index (χ2v) is 4.00. The maximum Gasteiger partial charge on any atom is 0.276 e. The highest BCUT2D eigenvalue weighted by Crippen LogP contribution is 2.03. The molecule has 7 nitrogen and oxygen atoms in total. The monoisotopic (exact) mass is 265 g/mol. The predicted molar refractivity (Wildman–Crippen MR) is 75.0 cm³/mol. The summed E-state index contributed by atoms with van der Waals surface area (Å²) in [5, 5.41) is 3.58. The fourth-order valence-electron chi connectivity index (χ4n) is 1.52. The van der Waals surface area contributed by atoms with E-state index in [2.05, 4.69) is 10.7 Å². The lowest BCUT2D eigenvalue weighted by atomic mass is 10.2. The van der Waals surface area contributed by atoms with Crippen LogP contribution >= 0.6 is 0 Å². The summed E-state index contributed by atoms with van der Waals surface area (Å²) in [7, 11) is 1.85. The number of nitrogens with zero attached hydrogens (tertiary/aromatic N) is 1. The molecule has 0 saturated heterocycles. The number of nitrogens with one attached hydrogen (secondary N) is 2. The van der Waals surface area contributed by atoms with Gasteiger partial charge in [0.1, 0.15) is 0 Å². The number of pyridine rings is 2. The summed E-state index contributed by atoms with van der Waals surface area (Å²) in [6.45, 7) is 0.855. The SMILES string of the molecule is CNCCCC(=O)NN.Nn1c(=O)c2ccc1cc2. The lowest BCUT2D eigenvalue weighted by Gasteiger charge is -2.02. The largest absolute Gasteiger partial charge is 0.336 e. The fourth-order valence-corrected chi connectivity index (χ4v) is 1.52. The van der Waals surface area contributed by atoms with Crippen molar-refractivity contribution in [2.45, 2.75) is 12.8 Å². The standard InChI is InChI=1S/C7H6N2O.C5H13N3O/c8-9-6-3-1-5(2-4-6)7(9)10;1-7-4-2-3-5(9)8-6/h1-4H,8H2;7H,2-4,6H2,1H3,(H,8,9). The van der Waals surface area contributed by atoms with Gasteiger partial charge >= 0.3 is 0 Å². The van der Waals surface area contributed by atoms with E-state index in [0.717, 1.165) is 23.2 Å². The number of hydrogen-bond donors (Lipinski definition) is 4. The van der Waals surface area contributed by atoms with Crippen LogP contribution in [0.25, 0.3) is 10.9 Å². The van der Waals surface area contributed by atoms with Gasteiger partial charge in [-0.1, -0.05) is 0 Å². The molecule has 3 rings (SSSR count). The van der Waals surface area contributed by atoms with Crippen LogP contribution in [-0.4, -0.2) is 24.2 Å². The summed E-state index contributed by atoms with van der Waals surface area (Å²) in [6, 6.07) is 7.16. The highest BCUT2D eigenvalue weighted by molar-refractivity contribution is 5.75. The van der Waals surface area contributed by atoms with E-state index in [1.165, 1.54) is 0 Å². The van der Waals surface area contributed by atoms with Crippen LogP contribution in [0.1, 0.15) is 12.8 Å². The number of hydrogen-bond acceptors (Lipinski definition) is 5. The van der Waals surface area contributed by atoms with Crippen molar-refractivity contribution >= 4 is 16.8 Å². The van der Waals surface area contributed by atoms with Gasteiger partial charge in [-0.15, -0.1) is 0 Å². The van der Waals surface area contributed by atoms with Crippen LogP contribution in [-0.2, 0) is 4.79 Å². The van der Waals surface area contributed by atoms with Crippen LogP contribution in [0.5, 0.6) is 0 Å². The van der Waals surface area contributed by atoms with Crippen LogP contribution in [0.4, 0.5) is 0 Å². The molecule has 1 amide bonds. The van der Waals surface area contributed by atoms with Gasteiger partial charge in [-0.2, -0.15) is 0 Å². The molecule has 0 saturated carbocycles. The average molecular weight is 265 g/mol. The molecule has 3 aromatic rings. The highest BCUT2D eigenvalue weighted by Gasteiger charge is 1.99. The molecule has 0 aliphatic heterocycles. The van der Waals surface area contributed by atoms with Crippen molar-refractivity contribution in [1.29, 1.82) is 0 Å². The Kier molecular flexibility index (Phi) is 5.77. The molecule has 0 atom stereocenters. The van der Waals surface area contributed by atoms with E-state index < -0.39 is 0 Å². The minimum absolute atomic E-state index is 0.106. The second kappa shape index (κ2) is 7.34.